The van der Waals surface area contributed by atoms with E-state index in [0.717, 1.165) is 5.56 Å². The lowest BCUT2D eigenvalue weighted by atomic mass is 10.1. The van der Waals surface area contributed by atoms with Gasteiger partial charge in [-0.25, -0.2) is 0 Å². The van der Waals surface area contributed by atoms with Gasteiger partial charge in [-0.2, -0.15) is 13.2 Å². The third kappa shape index (κ3) is 5.82. The number of ether oxygens (including phenoxy) is 1. The largest absolute Gasteiger partial charge is 0.471 e. The molecule has 150 valence electrons. The molecule has 2 amide bonds. The molecule has 0 aliphatic heterocycles. The van der Waals surface area contributed by atoms with E-state index in [1.807, 2.05) is 0 Å². The molecule has 2 aromatic rings. The normalized spacial score (nSPS) is 11.2. The standard InChI is InChI=1S/C20H21F3N2O3/c1-3-25(19(27)20(21,22)23)12-15-5-4-6-17(11-15)24-18(26)16-9-7-14(8-10-16)13-28-2/h4-11H,3,12-13H2,1-2H3,(H,24,26). The zero-order chi connectivity index (χ0) is 20.7. The second-order valence-electron chi connectivity index (χ2n) is 6.10. The number of nitrogens with one attached hydrogen (secondary N) is 1. The molecule has 0 aliphatic carbocycles. The van der Waals surface area contributed by atoms with Gasteiger partial charge in [-0.1, -0.05) is 24.3 Å². The second-order valence-corrected chi connectivity index (χ2v) is 6.10. The smallest absolute Gasteiger partial charge is 0.380 e. The number of amides is 2. The molecule has 2 aromatic carbocycles. The fourth-order valence-electron chi connectivity index (χ4n) is 2.60. The fourth-order valence-corrected chi connectivity index (χ4v) is 2.60. The van der Waals surface area contributed by atoms with Crippen molar-refractivity contribution < 1.29 is 27.5 Å². The average Bonchev–Trinajstić information content (AvgIpc) is 2.66. The van der Waals surface area contributed by atoms with Gasteiger partial charge in [-0.3, -0.25) is 9.59 Å². The summed E-state index contributed by atoms with van der Waals surface area (Å²) >= 11 is 0. The summed E-state index contributed by atoms with van der Waals surface area (Å²) in [6.07, 6.45) is -4.92. The van der Waals surface area contributed by atoms with Crippen LogP contribution < -0.4 is 5.32 Å². The van der Waals surface area contributed by atoms with E-state index in [9.17, 15) is 22.8 Å². The summed E-state index contributed by atoms with van der Waals surface area (Å²) in [7, 11) is 1.58. The maximum Gasteiger partial charge on any atom is 0.471 e. The molecule has 0 bridgehead atoms. The van der Waals surface area contributed by atoms with Gasteiger partial charge < -0.3 is 15.0 Å². The highest BCUT2D eigenvalue weighted by Gasteiger charge is 2.41. The van der Waals surface area contributed by atoms with Crippen molar-refractivity contribution in [2.75, 3.05) is 19.0 Å². The van der Waals surface area contributed by atoms with Gasteiger partial charge in [0.1, 0.15) is 0 Å². The number of alkyl halides is 3. The Bertz CT molecular complexity index is 820. The quantitative estimate of drug-likeness (QED) is 0.772. The summed E-state index contributed by atoms with van der Waals surface area (Å²) < 4.78 is 43.0. The van der Waals surface area contributed by atoms with Gasteiger partial charge in [0.05, 0.1) is 6.61 Å². The van der Waals surface area contributed by atoms with Gasteiger partial charge >= 0.3 is 12.1 Å². The van der Waals surface area contributed by atoms with Crippen molar-refractivity contribution in [2.45, 2.75) is 26.3 Å². The molecule has 0 spiro atoms. The third-order valence-corrected chi connectivity index (χ3v) is 4.00. The number of nitrogens with zero attached hydrogens (tertiary/aromatic N) is 1. The molecular weight excluding hydrogens is 373 g/mol. The van der Waals surface area contributed by atoms with Crippen LogP contribution in [0.25, 0.3) is 0 Å². The number of hydrogen-bond donors (Lipinski definition) is 1. The molecule has 2 rings (SSSR count). The minimum absolute atomic E-state index is 0.0806. The van der Waals surface area contributed by atoms with Crippen molar-refractivity contribution in [3.63, 3.8) is 0 Å². The fraction of sp³-hybridized carbons (Fsp3) is 0.300. The van der Waals surface area contributed by atoms with Crippen LogP contribution in [-0.2, 0) is 22.7 Å². The van der Waals surface area contributed by atoms with Gasteiger partial charge in [0.15, 0.2) is 0 Å². The molecule has 8 heteroatoms. The van der Waals surface area contributed by atoms with E-state index in [1.54, 1.807) is 55.6 Å². The maximum atomic E-state index is 12.6. The minimum Gasteiger partial charge on any atom is -0.380 e. The summed E-state index contributed by atoms with van der Waals surface area (Å²) in [5.41, 5.74) is 2.27. The van der Waals surface area contributed by atoms with Crippen LogP contribution in [-0.4, -0.2) is 36.5 Å². The van der Waals surface area contributed by atoms with Crippen molar-refractivity contribution >= 4 is 17.5 Å². The number of carbonyl (C=O) groups is 2. The maximum absolute atomic E-state index is 12.6. The summed E-state index contributed by atoms with van der Waals surface area (Å²) in [6.45, 7) is 1.63. The molecule has 28 heavy (non-hydrogen) atoms. The number of anilines is 1. The highest BCUT2D eigenvalue weighted by molar-refractivity contribution is 6.04. The Kier molecular flexibility index (Phi) is 7.17. The molecule has 0 radical (unpaired) electrons. The Morgan fingerprint density at radius 1 is 1.07 bits per heavy atom. The first-order chi connectivity index (χ1) is 13.2. The Hall–Kier alpha value is -2.87. The molecule has 0 aromatic heterocycles. The van der Waals surface area contributed by atoms with E-state index in [2.05, 4.69) is 5.32 Å². The molecule has 0 saturated carbocycles. The number of halogens is 3. The monoisotopic (exact) mass is 394 g/mol. The van der Waals surface area contributed by atoms with Crippen LogP contribution in [0.1, 0.15) is 28.4 Å². The molecule has 0 unspecified atom stereocenters. The van der Waals surface area contributed by atoms with Crippen molar-refractivity contribution in [2.24, 2.45) is 0 Å². The van der Waals surface area contributed by atoms with Gasteiger partial charge in [0.2, 0.25) is 0 Å². The van der Waals surface area contributed by atoms with Gasteiger partial charge in [0, 0.05) is 31.5 Å². The van der Waals surface area contributed by atoms with Crippen molar-refractivity contribution in [3.05, 3.63) is 65.2 Å². The molecule has 0 heterocycles. The summed E-state index contributed by atoms with van der Waals surface area (Å²) in [5.74, 6) is -2.24. The lowest BCUT2D eigenvalue weighted by Gasteiger charge is -2.22. The van der Waals surface area contributed by atoms with Crippen LogP contribution >= 0.6 is 0 Å². The topological polar surface area (TPSA) is 58.6 Å². The zero-order valence-corrected chi connectivity index (χ0v) is 15.5. The van der Waals surface area contributed by atoms with Crippen LogP contribution in [0.15, 0.2) is 48.5 Å². The summed E-state index contributed by atoms with van der Waals surface area (Å²) in [5, 5.41) is 2.70. The van der Waals surface area contributed by atoms with Crippen molar-refractivity contribution in [1.82, 2.24) is 4.90 Å². The van der Waals surface area contributed by atoms with Gasteiger partial charge in [-0.15, -0.1) is 0 Å². The molecule has 0 fully saturated rings. The summed E-state index contributed by atoms with van der Waals surface area (Å²) in [6, 6.07) is 13.3. The highest BCUT2D eigenvalue weighted by atomic mass is 19.4. The lowest BCUT2D eigenvalue weighted by Crippen LogP contribution is -2.40. The Morgan fingerprint density at radius 3 is 2.32 bits per heavy atom. The number of benzene rings is 2. The number of hydrogen-bond acceptors (Lipinski definition) is 3. The van der Waals surface area contributed by atoms with Gasteiger partial charge in [-0.05, 0) is 42.3 Å². The lowest BCUT2D eigenvalue weighted by molar-refractivity contribution is -0.185. The first kappa shape index (κ1) is 21.4. The van der Waals surface area contributed by atoms with E-state index in [-0.39, 0.29) is 19.0 Å². The van der Waals surface area contributed by atoms with Crippen LogP contribution in [0.4, 0.5) is 18.9 Å². The molecule has 1 N–H and O–H groups in total. The molecule has 0 saturated heterocycles. The Morgan fingerprint density at radius 2 is 1.75 bits per heavy atom. The molecule has 0 atom stereocenters. The second kappa shape index (κ2) is 9.36. The van der Waals surface area contributed by atoms with Crippen LogP contribution in [0.5, 0.6) is 0 Å². The van der Waals surface area contributed by atoms with Gasteiger partial charge in [0.25, 0.3) is 5.91 Å². The van der Waals surface area contributed by atoms with E-state index in [1.165, 1.54) is 6.92 Å². The van der Waals surface area contributed by atoms with Crippen molar-refractivity contribution in [1.29, 1.82) is 0 Å². The summed E-state index contributed by atoms with van der Waals surface area (Å²) in [4.78, 5) is 24.5. The van der Waals surface area contributed by atoms with Crippen molar-refractivity contribution in [3.8, 4) is 0 Å². The Balaban J connectivity index is 2.08. The zero-order valence-electron chi connectivity index (χ0n) is 15.5. The van der Waals surface area contributed by atoms with Crippen LogP contribution in [0.2, 0.25) is 0 Å². The van der Waals surface area contributed by atoms with E-state index < -0.39 is 12.1 Å². The SMILES string of the molecule is CCN(Cc1cccc(NC(=O)c2ccc(COC)cc2)c1)C(=O)C(F)(F)F. The third-order valence-electron chi connectivity index (χ3n) is 4.00. The van der Waals surface area contributed by atoms with Crippen LogP contribution in [0.3, 0.4) is 0 Å². The minimum atomic E-state index is -4.92. The predicted octanol–water partition coefficient (Wildman–Crippen LogP) is 4.00. The van der Waals surface area contributed by atoms with E-state index in [0.29, 0.717) is 28.3 Å². The predicted molar refractivity (Wildman–Crippen MR) is 98.7 cm³/mol. The first-order valence-corrected chi connectivity index (χ1v) is 8.59. The number of rotatable bonds is 7. The average molecular weight is 394 g/mol. The Labute approximate surface area is 161 Å². The molecule has 0 aliphatic rings. The first-order valence-electron chi connectivity index (χ1n) is 8.59. The number of methoxy groups -OCH3 is 1. The van der Waals surface area contributed by atoms with Crippen LogP contribution in [0, 0.1) is 0 Å². The van der Waals surface area contributed by atoms with E-state index >= 15 is 0 Å². The molecule has 5 nitrogen and oxygen atoms in total. The highest BCUT2D eigenvalue weighted by Crippen LogP contribution is 2.21. The number of carbonyl (C=O) groups excluding carboxylic acids is 2. The van der Waals surface area contributed by atoms with E-state index in [4.69, 9.17) is 4.74 Å². The molecular formula is C20H21F3N2O3.